The second kappa shape index (κ2) is 4.65. The van der Waals surface area contributed by atoms with E-state index in [-0.39, 0.29) is 5.41 Å². The first-order valence-electron chi connectivity index (χ1n) is 5.99. The molecule has 0 aliphatic heterocycles. The van der Waals surface area contributed by atoms with Crippen LogP contribution in [0, 0.1) is 0 Å². The molecule has 1 nitrogen and oxygen atoms in total. The normalized spacial score (nSPS) is 25.4. The van der Waals surface area contributed by atoms with Gasteiger partial charge in [-0.05, 0) is 24.8 Å². The molecule has 84 valence electrons. The summed E-state index contributed by atoms with van der Waals surface area (Å²) in [6, 6.07) is 10.2. The Morgan fingerprint density at radius 2 is 2.00 bits per heavy atom. The van der Waals surface area contributed by atoms with Gasteiger partial charge in [-0.3, -0.25) is 4.79 Å². The lowest BCUT2D eigenvalue weighted by molar-refractivity contribution is -0.126. The Labute approximate surface area is 97.2 Å². The number of rotatable bonds is 3. The molecule has 1 atom stereocenters. The van der Waals surface area contributed by atoms with Crippen LogP contribution in [0.2, 0.25) is 0 Å². The van der Waals surface area contributed by atoms with E-state index in [1.165, 1.54) is 5.56 Å². The summed E-state index contributed by atoms with van der Waals surface area (Å²) in [5.41, 5.74) is 0.890. The summed E-state index contributed by atoms with van der Waals surface area (Å²) < 4.78 is 0. The third-order valence-corrected chi connectivity index (χ3v) is 3.61. The van der Waals surface area contributed by atoms with Gasteiger partial charge in [0.1, 0.15) is 5.78 Å². The highest BCUT2D eigenvalue weighted by Gasteiger charge is 2.39. The average molecular weight is 214 g/mol. The highest BCUT2D eigenvalue weighted by molar-refractivity contribution is 5.91. The van der Waals surface area contributed by atoms with Crippen molar-refractivity contribution in [2.24, 2.45) is 0 Å². The van der Waals surface area contributed by atoms with Gasteiger partial charge in [0.2, 0.25) is 0 Å². The molecule has 1 unspecified atom stereocenters. The third-order valence-electron chi connectivity index (χ3n) is 3.61. The van der Waals surface area contributed by atoms with E-state index in [0.717, 1.165) is 32.1 Å². The predicted molar refractivity (Wildman–Crippen MR) is 66.4 cm³/mol. The Morgan fingerprint density at radius 3 is 2.62 bits per heavy atom. The fraction of sp³-hybridized carbons (Fsp3) is 0.400. The van der Waals surface area contributed by atoms with Crippen LogP contribution in [0.3, 0.4) is 0 Å². The molecule has 0 radical (unpaired) electrons. The molecule has 1 saturated carbocycles. The van der Waals surface area contributed by atoms with Crippen LogP contribution in [0.1, 0.15) is 37.7 Å². The first-order chi connectivity index (χ1) is 7.79. The van der Waals surface area contributed by atoms with Gasteiger partial charge < -0.3 is 0 Å². The van der Waals surface area contributed by atoms with Crippen LogP contribution >= 0.6 is 0 Å². The second-order valence-corrected chi connectivity index (χ2v) is 4.57. The Kier molecular flexibility index (Phi) is 3.23. The molecule has 0 aromatic heterocycles. The molecule has 0 spiro atoms. The predicted octanol–water partition coefficient (Wildman–Crippen LogP) is 3.64. The van der Waals surface area contributed by atoms with Crippen LogP contribution in [-0.4, -0.2) is 5.78 Å². The minimum Gasteiger partial charge on any atom is -0.299 e. The van der Waals surface area contributed by atoms with Crippen molar-refractivity contribution >= 4 is 5.78 Å². The molecule has 1 heteroatoms. The van der Waals surface area contributed by atoms with Crippen LogP contribution in [0.5, 0.6) is 0 Å². The van der Waals surface area contributed by atoms with Gasteiger partial charge in [-0.25, -0.2) is 0 Å². The molecular formula is C15H18O. The van der Waals surface area contributed by atoms with Gasteiger partial charge in [0.15, 0.2) is 0 Å². The van der Waals surface area contributed by atoms with E-state index in [4.69, 9.17) is 0 Å². The lowest BCUT2D eigenvalue weighted by Crippen LogP contribution is -2.38. The SMILES string of the molecule is C=CCC1(c2ccccc2)CCCCC1=O. The van der Waals surface area contributed by atoms with Crippen molar-refractivity contribution in [2.75, 3.05) is 0 Å². The van der Waals surface area contributed by atoms with Gasteiger partial charge in [0.05, 0.1) is 5.41 Å². The minimum absolute atomic E-state index is 0.277. The Hall–Kier alpha value is -1.37. The number of Topliss-reactive ketones (excluding diaryl/α,β-unsaturated/α-hetero) is 1. The standard InChI is InChI=1S/C15H18O/c1-2-11-15(12-7-6-10-14(15)16)13-8-4-3-5-9-13/h2-5,8-9H,1,6-7,10-12H2. The van der Waals surface area contributed by atoms with E-state index in [2.05, 4.69) is 18.7 Å². The molecule has 1 aromatic carbocycles. The van der Waals surface area contributed by atoms with Gasteiger partial charge in [-0.1, -0.05) is 42.8 Å². The number of carbonyl (C=O) groups is 1. The largest absolute Gasteiger partial charge is 0.299 e. The van der Waals surface area contributed by atoms with Gasteiger partial charge in [0.25, 0.3) is 0 Å². The quantitative estimate of drug-likeness (QED) is 0.702. The molecule has 0 heterocycles. The number of hydrogen-bond donors (Lipinski definition) is 0. The number of carbonyl (C=O) groups excluding carboxylic acids is 1. The Morgan fingerprint density at radius 1 is 1.25 bits per heavy atom. The zero-order valence-electron chi connectivity index (χ0n) is 9.61. The van der Waals surface area contributed by atoms with Crippen molar-refractivity contribution in [1.29, 1.82) is 0 Å². The Bertz CT molecular complexity index is 380. The van der Waals surface area contributed by atoms with E-state index in [1.807, 2.05) is 24.3 Å². The number of ketones is 1. The van der Waals surface area contributed by atoms with Crippen LogP contribution in [0.4, 0.5) is 0 Å². The molecule has 16 heavy (non-hydrogen) atoms. The minimum atomic E-state index is -0.277. The summed E-state index contributed by atoms with van der Waals surface area (Å²) in [5.74, 6) is 0.393. The summed E-state index contributed by atoms with van der Waals surface area (Å²) in [4.78, 5) is 12.3. The molecular weight excluding hydrogens is 196 g/mol. The molecule has 0 N–H and O–H groups in total. The molecule has 0 amide bonds. The summed E-state index contributed by atoms with van der Waals surface area (Å²) in [6.07, 6.45) is 6.55. The van der Waals surface area contributed by atoms with E-state index < -0.39 is 0 Å². The Balaban J connectivity index is 2.41. The fourth-order valence-corrected chi connectivity index (χ4v) is 2.73. The monoisotopic (exact) mass is 214 g/mol. The molecule has 1 aliphatic rings. The molecule has 1 aliphatic carbocycles. The highest BCUT2D eigenvalue weighted by Crippen LogP contribution is 2.39. The van der Waals surface area contributed by atoms with Crippen molar-refractivity contribution in [1.82, 2.24) is 0 Å². The molecule has 1 fully saturated rings. The number of hydrogen-bond acceptors (Lipinski definition) is 1. The lowest BCUT2D eigenvalue weighted by atomic mass is 9.66. The molecule has 1 aromatic rings. The lowest BCUT2D eigenvalue weighted by Gasteiger charge is -2.35. The summed E-state index contributed by atoms with van der Waals surface area (Å²) in [5, 5.41) is 0. The maximum Gasteiger partial charge on any atom is 0.143 e. The van der Waals surface area contributed by atoms with E-state index in [9.17, 15) is 4.79 Å². The van der Waals surface area contributed by atoms with Gasteiger partial charge >= 0.3 is 0 Å². The second-order valence-electron chi connectivity index (χ2n) is 4.57. The van der Waals surface area contributed by atoms with E-state index in [1.54, 1.807) is 0 Å². The number of allylic oxidation sites excluding steroid dienone is 1. The summed E-state index contributed by atoms with van der Waals surface area (Å²) >= 11 is 0. The van der Waals surface area contributed by atoms with Crippen molar-refractivity contribution in [3.8, 4) is 0 Å². The van der Waals surface area contributed by atoms with E-state index in [0.29, 0.717) is 5.78 Å². The van der Waals surface area contributed by atoms with Gasteiger partial charge in [-0.15, -0.1) is 6.58 Å². The smallest absolute Gasteiger partial charge is 0.143 e. The third kappa shape index (κ3) is 1.82. The van der Waals surface area contributed by atoms with Crippen LogP contribution in [0.25, 0.3) is 0 Å². The van der Waals surface area contributed by atoms with E-state index >= 15 is 0 Å². The van der Waals surface area contributed by atoms with Crippen molar-refractivity contribution in [3.63, 3.8) is 0 Å². The summed E-state index contributed by atoms with van der Waals surface area (Å²) in [6.45, 7) is 3.81. The number of benzene rings is 1. The van der Waals surface area contributed by atoms with Crippen LogP contribution in [0.15, 0.2) is 43.0 Å². The maximum absolute atomic E-state index is 12.3. The fourth-order valence-electron chi connectivity index (χ4n) is 2.73. The average Bonchev–Trinajstić information content (AvgIpc) is 2.34. The van der Waals surface area contributed by atoms with Gasteiger partial charge in [-0.2, -0.15) is 0 Å². The molecule has 0 bridgehead atoms. The van der Waals surface area contributed by atoms with Crippen LogP contribution < -0.4 is 0 Å². The summed E-state index contributed by atoms with van der Waals surface area (Å²) in [7, 11) is 0. The molecule has 2 rings (SSSR count). The zero-order valence-corrected chi connectivity index (χ0v) is 9.61. The highest BCUT2D eigenvalue weighted by atomic mass is 16.1. The van der Waals surface area contributed by atoms with Crippen molar-refractivity contribution < 1.29 is 4.79 Å². The molecule has 0 saturated heterocycles. The van der Waals surface area contributed by atoms with Gasteiger partial charge in [0, 0.05) is 6.42 Å². The topological polar surface area (TPSA) is 17.1 Å². The zero-order chi connectivity index (χ0) is 11.4. The first-order valence-corrected chi connectivity index (χ1v) is 5.99. The first kappa shape index (κ1) is 11.1. The van der Waals surface area contributed by atoms with Crippen molar-refractivity contribution in [2.45, 2.75) is 37.5 Å². The maximum atomic E-state index is 12.3. The van der Waals surface area contributed by atoms with Crippen molar-refractivity contribution in [3.05, 3.63) is 48.6 Å². The van der Waals surface area contributed by atoms with Crippen LogP contribution in [-0.2, 0) is 10.2 Å².